The molecule has 4 nitrogen and oxygen atoms in total. The smallest absolute Gasteiger partial charge is 0.422 e. The molecule has 134 valence electrons. The van der Waals surface area contributed by atoms with Gasteiger partial charge in [-0.3, -0.25) is 4.79 Å². The number of aromatic nitrogens is 1. The second-order valence-corrected chi connectivity index (χ2v) is 5.43. The van der Waals surface area contributed by atoms with Crippen molar-refractivity contribution < 1.29 is 27.1 Å². The molecule has 0 aliphatic carbocycles. The fourth-order valence-electron chi connectivity index (χ4n) is 2.06. The van der Waals surface area contributed by atoms with Crippen LogP contribution >= 0.6 is 0 Å². The molecule has 0 aliphatic heterocycles. The van der Waals surface area contributed by atoms with Crippen molar-refractivity contribution in [2.24, 2.45) is 0 Å². The fraction of sp³-hybridized carbons (Fsp3) is 0.294. The lowest BCUT2D eigenvalue weighted by atomic mass is 10.1. The molecule has 1 N–H and O–H groups in total. The highest BCUT2D eigenvalue weighted by atomic mass is 19.4. The first-order valence-corrected chi connectivity index (χ1v) is 7.39. The van der Waals surface area contributed by atoms with Gasteiger partial charge in [-0.05, 0) is 41.8 Å². The number of aryl methyl sites for hydroxylation is 1. The Morgan fingerprint density at radius 2 is 2.00 bits per heavy atom. The lowest BCUT2D eigenvalue weighted by Gasteiger charge is -2.10. The summed E-state index contributed by atoms with van der Waals surface area (Å²) in [5.41, 5.74) is 1.90. The van der Waals surface area contributed by atoms with E-state index in [1.54, 1.807) is 19.1 Å². The average molecular weight is 356 g/mol. The van der Waals surface area contributed by atoms with E-state index in [1.807, 2.05) is 0 Å². The first-order chi connectivity index (χ1) is 11.7. The summed E-state index contributed by atoms with van der Waals surface area (Å²) in [5.74, 6) is -0.928. The molecule has 2 aromatic rings. The van der Waals surface area contributed by atoms with E-state index in [1.165, 1.54) is 24.4 Å². The van der Waals surface area contributed by atoms with E-state index in [2.05, 4.69) is 15.0 Å². The summed E-state index contributed by atoms with van der Waals surface area (Å²) in [7, 11) is 0. The molecule has 0 bridgehead atoms. The number of halogens is 4. The number of alkyl halides is 3. The summed E-state index contributed by atoms with van der Waals surface area (Å²) in [4.78, 5) is 15.6. The van der Waals surface area contributed by atoms with Crippen LogP contribution in [0.25, 0.3) is 0 Å². The van der Waals surface area contributed by atoms with Crippen LogP contribution < -0.4 is 10.1 Å². The number of rotatable bonds is 6. The van der Waals surface area contributed by atoms with Gasteiger partial charge in [-0.1, -0.05) is 6.07 Å². The number of nitrogens with one attached hydrogen (secondary N) is 1. The van der Waals surface area contributed by atoms with E-state index in [-0.39, 0.29) is 24.8 Å². The van der Waals surface area contributed by atoms with Gasteiger partial charge in [-0.2, -0.15) is 13.2 Å². The van der Waals surface area contributed by atoms with Gasteiger partial charge in [0.2, 0.25) is 11.8 Å². The molecule has 1 heterocycles. The van der Waals surface area contributed by atoms with Gasteiger partial charge >= 0.3 is 6.18 Å². The van der Waals surface area contributed by atoms with Crippen molar-refractivity contribution in [3.63, 3.8) is 0 Å². The van der Waals surface area contributed by atoms with Crippen LogP contribution in [0.2, 0.25) is 0 Å². The highest BCUT2D eigenvalue weighted by Crippen LogP contribution is 2.17. The van der Waals surface area contributed by atoms with Gasteiger partial charge in [-0.25, -0.2) is 9.37 Å². The summed E-state index contributed by atoms with van der Waals surface area (Å²) in [6.07, 6.45) is -3.15. The lowest BCUT2D eigenvalue weighted by molar-refractivity contribution is -0.154. The lowest BCUT2D eigenvalue weighted by Crippen LogP contribution is -2.25. The Balaban J connectivity index is 1.90. The van der Waals surface area contributed by atoms with E-state index in [0.717, 1.165) is 5.56 Å². The van der Waals surface area contributed by atoms with E-state index in [9.17, 15) is 22.4 Å². The zero-order chi connectivity index (χ0) is 18.4. The normalized spacial score (nSPS) is 11.2. The van der Waals surface area contributed by atoms with Crippen molar-refractivity contribution in [2.75, 3.05) is 6.61 Å². The van der Waals surface area contributed by atoms with Crippen molar-refractivity contribution in [1.82, 2.24) is 10.3 Å². The van der Waals surface area contributed by atoms with Crippen LogP contribution in [0.3, 0.4) is 0 Å². The summed E-state index contributed by atoms with van der Waals surface area (Å²) in [6.45, 7) is 0.432. The zero-order valence-corrected chi connectivity index (χ0v) is 13.4. The van der Waals surface area contributed by atoms with Crippen molar-refractivity contribution in [3.8, 4) is 5.88 Å². The van der Waals surface area contributed by atoms with Gasteiger partial charge < -0.3 is 10.1 Å². The van der Waals surface area contributed by atoms with Crippen LogP contribution in [0.15, 0.2) is 36.5 Å². The molecule has 1 aromatic heterocycles. The number of amides is 1. The van der Waals surface area contributed by atoms with Crippen LogP contribution in [0.4, 0.5) is 17.6 Å². The van der Waals surface area contributed by atoms with Crippen LogP contribution in [-0.2, 0) is 17.8 Å². The topological polar surface area (TPSA) is 51.2 Å². The van der Waals surface area contributed by atoms with Gasteiger partial charge in [-0.15, -0.1) is 0 Å². The quantitative estimate of drug-likeness (QED) is 0.808. The molecule has 0 unspecified atom stereocenters. The molecule has 8 heteroatoms. The van der Waals surface area contributed by atoms with E-state index in [4.69, 9.17) is 0 Å². The third kappa shape index (κ3) is 6.40. The fourth-order valence-corrected chi connectivity index (χ4v) is 2.06. The summed E-state index contributed by atoms with van der Waals surface area (Å²) >= 11 is 0. The van der Waals surface area contributed by atoms with Crippen molar-refractivity contribution in [2.45, 2.75) is 26.1 Å². The molecule has 0 radical (unpaired) electrons. The Hall–Kier alpha value is -2.64. The van der Waals surface area contributed by atoms with Crippen LogP contribution in [-0.4, -0.2) is 23.7 Å². The van der Waals surface area contributed by atoms with E-state index >= 15 is 0 Å². The number of ether oxygens (including phenoxy) is 1. The number of benzene rings is 1. The number of carbonyl (C=O) groups is 1. The van der Waals surface area contributed by atoms with Crippen molar-refractivity contribution >= 4 is 5.91 Å². The third-order valence-electron chi connectivity index (χ3n) is 3.33. The van der Waals surface area contributed by atoms with Gasteiger partial charge in [0.15, 0.2) is 6.61 Å². The average Bonchev–Trinajstić information content (AvgIpc) is 2.54. The van der Waals surface area contributed by atoms with E-state index in [0.29, 0.717) is 11.1 Å². The minimum Gasteiger partial charge on any atom is -0.468 e. The minimum absolute atomic E-state index is 0.00606. The Morgan fingerprint density at radius 1 is 1.24 bits per heavy atom. The maximum atomic E-state index is 13.2. The van der Waals surface area contributed by atoms with Gasteiger partial charge in [0.1, 0.15) is 5.82 Å². The molecule has 0 spiro atoms. The van der Waals surface area contributed by atoms with E-state index < -0.39 is 18.6 Å². The highest BCUT2D eigenvalue weighted by molar-refractivity contribution is 5.78. The molecule has 2 rings (SSSR count). The van der Waals surface area contributed by atoms with Crippen molar-refractivity contribution in [1.29, 1.82) is 0 Å². The number of pyridine rings is 1. The minimum atomic E-state index is -4.45. The summed E-state index contributed by atoms with van der Waals surface area (Å²) < 4.78 is 54.2. The molecule has 0 aliphatic rings. The summed E-state index contributed by atoms with van der Waals surface area (Å²) in [5, 5.41) is 2.63. The SMILES string of the molecule is Cc1ccc(F)cc1CC(=O)NCc1ccnc(OCC(F)(F)F)c1. The Kier molecular flexibility index (Phi) is 5.95. The molecule has 0 saturated heterocycles. The highest BCUT2D eigenvalue weighted by Gasteiger charge is 2.28. The van der Waals surface area contributed by atoms with Crippen LogP contribution in [0.5, 0.6) is 5.88 Å². The molecular weight excluding hydrogens is 340 g/mol. The number of nitrogens with zero attached hydrogens (tertiary/aromatic N) is 1. The first-order valence-electron chi connectivity index (χ1n) is 7.39. The monoisotopic (exact) mass is 356 g/mol. The standard InChI is InChI=1S/C17H16F4N2O2/c1-11-2-3-14(18)7-13(11)8-15(24)23-9-12-4-5-22-16(6-12)25-10-17(19,20)21/h2-7H,8-10H2,1H3,(H,23,24). The number of hydrogen-bond acceptors (Lipinski definition) is 3. The Labute approximate surface area is 141 Å². The maximum Gasteiger partial charge on any atom is 0.422 e. The van der Waals surface area contributed by atoms with Gasteiger partial charge in [0, 0.05) is 18.8 Å². The molecule has 1 aromatic carbocycles. The largest absolute Gasteiger partial charge is 0.468 e. The molecule has 25 heavy (non-hydrogen) atoms. The number of carbonyl (C=O) groups excluding carboxylic acids is 1. The van der Waals surface area contributed by atoms with Crippen LogP contribution in [0.1, 0.15) is 16.7 Å². The molecular formula is C17H16F4N2O2. The Morgan fingerprint density at radius 3 is 2.72 bits per heavy atom. The predicted octanol–water partition coefficient (Wildman–Crippen LogP) is 3.33. The summed E-state index contributed by atoms with van der Waals surface area (Å²) in [6, 6.07) is 7.07. The molecule has 1 amide bonds. The molecule has 0 atom stereocenters. The second-order valence-electron chi connectivity index (χ2n) is 5.43. The molecule has 0 saturated carbocycles. The maximum absolute atomic E-state index is 13.2. The predicted molar refractivity (Wildman–Crippen MR) is 82.5 cm³/mol. The van der Waals surface area contributed by atoms with Gasteiger partial charge in [0.25, 0.3) is 0 Å². The Bertz CT molecular complexity index is 748. The zero-order valence-electron chi connectivity index (χ0n) is 13.4. The van der Waals surface area contributed by atoms with Crippen molar-refractivity contribution in [3.05, 3.63) is 59.0 Å². The molecule has 0 fully saturated rings. The van der Waals surface area contributed by atoms with Crippen LogP contribution in [0, 0.1) is 12.7 Å². The second kappa shape index (κ2) is 7.96. The third-order valence-corrected chi connectivity index (χ3v) is 3.33. The number of hydrogen-bond donors (Lipinski definition) is 1. The van der Waals surface area contributed by atoms with Gasteiger partial charge in [0.05, 0.1) is 6.42 Å². The first kappa shape index (κ1) is 18.7.